The molecule has 94 valence electrons. The molecule has 0 aromatic carbocycles. The van der Waals surface area contributed by atoms with E-state index in [0.717, 1.165) is 31.1 Å². The highest BCUT2D eigenvalue weighted by molar-refractivity contribution is 7.99. The number of thioether (sulfide) groups is 1. The average Bonchev–Trinajstić information content (AvgIpc) is 2.66. The molecule has 1 saturated heterocycles. The van der Waals surface area contributed by atoms with Gasteiger partial charge in [-0.05, 0) is 18.6 Å². The Morgan fingerprint density at radius 3 is 3.00 bits per heavy atom. The molecule has 0 aliphatic carbocycles. The molecule has 1 fully saturated rings. The molecule has 1 aliphatic rings. The maximum atomic E-state index is 4.49. The molecule has 1 aliphatic heterocycles. The highest BCUT2D eigenvalue weighted by atomic mass is 32.2. The molecular weight excluding hydrogens is 232 g/mol. The molecular formula is C12H20N4S. The van der Waals surface area contributed by atoms with Gasteiger partial charge in [-0.3, -0.25) is 0 Å². The van der Waals surface area contributed by atoms with Crippen molar-refractivity contribution < 1.29 is 0 Å². The number of rotatable bonds is 3. The van der Waals surface area contributed by atoms with E-state index in [1.807, 2.05) is 18.8 Å². The summed E-state index contributed by atoms with van der Waals surface area (Å²) in [5.41, 5.74) is 1.24. The first-order chi connectivity index (χ1) is 8.36. The van der Waals surface area contributed by atoms with Crippen molar-refractivity contribution in [3.63, 3.8) is 0 Å². The number of hydrogen-bond acceptors (Lipinski definition) is 5. The van der Waals surface area contributed by atoms with E-state index in [4.69, 9.17) is 0 Å². The fraction of sp³-hybridized carbons (Fsp3) is 0.667. The van der Waals surface area contributed by atoms with Gasteiger partial charge in [0.15, 0.2) is 0 Å². The van der Waals surface area contributed by atoms with Crippen LogP contribution in [0.3, 0.4) is 0 Å². The molecule has 17 heavy (non-hydrogen) atoms. The largest absolute Gasteiger partial charge is 0.373 e. The summed E-state index contributed by atoms with van der Waals surface area (Å²) < 4.78 is 0. The molecule has 1 aromatic heterocycles. The van der Waals surface area contributed by atoms with Gasteiger partial charge in [-0.1, -0.05) is 6.92 Å². The zero-order valence-corrected chi connectivity index (χ0v) is 11.4. The van der Waals surface area contributed by atoms with Crippen molar-refractivity contribution in [2.45, 2.75) is 19.8 Å². The lowest BCUT2D eigenvalue weighted by molar-refractivity contribution is 0.789. The van der Waals surface area contributed by atoms with Crippen molar-refractivity contribution in [3.8, 4) is 0 Å². The molecule has 1 aromatic rings. The number of anilines is 2. The van der Waals surface area contributed by atoms with Crippen LogP contribution in [0.2, 0.25) is 0 Å². The van der Waals surface area contributed by atoms with E-state index in [0.29, 0.717) is 0 Å². The minimum absolute atomic E-state index is 0.967. The maximum Gasteiger partial charge on any atom is 0.137 e. The molecule has 5 heteroatoms. The summed E-state index contributed by atoms with van der Waals surface area (Å²) in [5.74, 6) is 4.55. The van der Waals surface area contributed by atoms with Gasteiger partial charge >= 0.3 is 0 Å². The summed E-state index contributed by atoms with van der Waals surface area (Å²) >= 11 is 2.04. The quantitative estimate of drug-likeness (QED) is 0.891. The second-order valence-electron chi connectivity index (χ2n) is 4.08. The standard InChI is InChI=1S/C12H20N4S/c1-3-10-11(13-2)14-9-15-12(10)16-5-4-7-17-8-6-16/h9H,3-8H2,1-2H3,(H,13,14,15). The molecule has 0 saturated carbocycles. The van der Waals surface area contributed by atoms with Crippen LogP contribution in [0, 0.1) is 0 Å². The molecule has 0 atom stereocenters. The second kappa shape index (κ2) is 6.10. The second-order valence-corrected chi connectivity index (χ2v) is 5.31. The van der Waals surface area contributed by atoms with E-state index in [-0.39, 0.29) is 0 Å². The van der Waals surface area contributed by atoms with Crippen LogP contribution in [0.25, 0.3) is 0 Å². The average molecular weight is 252 g/mol. The smallest absolute Gasteiger partial charge is 0.137 e. The lowest BCUT2D eigenvalue weighted by atomic mass is 10.2. The van der Waals surface area contributed by atoms with E-state index >= 15 is 0 Å². The van der Waals surface area contributed by atoms with Crippen molar-refractivity contribution >= 4 is 23.4 Å². The predicted molar refractivity (Wildman–Crippen MR) is 75.1 cm³/mol. The minimum atomic E-state index is 0.967. The lowest BCUT2D eigenvalue weighted by Crippen LogP contribution is -2.28. The normalized spacial score (nSPS) is 16.7. The van der Waals surface area contributed by atoms with E-state index in [9.17, 15) is 0 Å². The van der Waals surface area contributed by atoms with Crippen molar-refractivity contribution in [1.29, 1.82) is 0 Å². The first-order valence-electron chi connectivity index (χ1n) is 6.21. The van der Waals surface area contributed by atoms with Crippen LogP contribution in [0.5, 0.6) is 0 Å². The predicted octanol–water partition coefficient (Wildman–Crippen LogP) is 2.02. The number of nitrogens with one attached hydrogen (secondary N) is 1. The first kappa shape index (κ1) is 12.5. The van der Waals surface area contributed by atoms with Crippen molar-refractivity contribution in [2.24, 2.45) is 0 Å². The summed E-state index contributed by atoms with van der Waals surface area (Å²) in [6, 6.07) is 0. The maximum absolute atomic E-state index is 4.49. The Balaban J connectivity index is 2.29. The Kier molecular flexibility index (Phi) is 4.48. The molecule has 0 radical (unpaired) electrons. The van der Waals surface area contributed by atoms with Crippen LogP contribution in [-0.2, 0) is 6.42 Å². The molecule has 2 heterocycles. The van der Waals surface area contributed by atoms with E-state index < -0.39 is 0 Å². The van der Waals surface area contributed by atoms with Gasteiger partial charge in [-0.15, -0.1) is 0 Å². The monoisotopic (exact) mass is 252 g/mol. The third-order valence-electron chi connectivity index (χ3n) is 3.03. The molecule has 4 nitrogen and oxygen atoms in total. The summed E-state index contributed by atoms with van der Waals surface area (Å²) in [6.45, 7) is 4.37. The fourth-order valence-corrected chi connectivity index (χ4v) is 3.06. The summed E-state index contributed by atoms with van der Waals surface area (Å²) in [4.78, 5) is 11.2. The number of nitrogens with zero attached hydrogens (tertiary/aromatic N) is 3. The lowest BCUT2D eigenvalue weighted by Gasteiger charge is -2.24. The zero-order valence-electron chi connectivity index (χ0n) is 10.6. The fourth-order valence-electron chi connectivity index (χ4n) is 2.17. The summed E-state index contributed by atoms with van der Waals surface area (Å²) in [5, 5.41) is 3.16. The van der Waals surface area contributed by atoms with Gasteiger partial charge in [0, 0.05) is 31.5 Å². The third-order valence-corrected chi connectivity index (χ3v) is 4.08. The van der Waals surface area contributed by atoms with Crippen LogP contribution in [0.1, 0.15) is 18.9 Å². The van der Waals surface area contributed by atoms with Crippen LogP contribution in [0.4, 0.5) is 11.6 Å². The van der Waals surface area contributed by atoms with Gasteiger partial charge in [0.1, 0.15) is 18.0 Å². The topological polar surface area (TPSA) is 41.1 Å². The van der Waals surface area contributed by atoms with E-state index in [1.54, 1.807) is 6.33 Å². The SMILES string of the molecule is CCc1c(NC)ncnc1N1CCCSCC1. The van der Waals surface area contributed by atoms with Crippen LogP contribution in [0.15, 0.2) is 6.33 Å². The van der Waals surface area contributed by atoms with Crippen molar-refractivity contribution in [2.75, 3.05) is 41.9 Å². The molecule has 1 N–H and O–H groups in total. The number of aromatic nitrogens is 2. The van der Waals surface area contributed by atoms with Gasteiger partial charge in [-0.25, -0.2) is 9.97 Å². The van der Waals surface area contributed by atoms with Gasteiger partial charge in [-0.2, -0.15) is 11.8 Å². The molecule has 0 amide bonds. The van der Waals surface area contributed by atoms with Crippen molar-refractivity contribution in [3.05, 3.63) is 11.9 Å². The first-order valence-corrected chi connectivity index (χ1v) is 7.36. The van der Waals surface area contributed by atoms with Gasteiger partial charge < -0.3 is 10.2 Å². The molecule has 0 unspecified atom stereocenters. The van der Waals surface area contributed by atoms with E-state index in [1.165, 1.54) is 23.5 Å². The molecule has 0 spiro atoms. The Hall–Kier alpha value is -0.970. The Bertz CT molecular complexity index is 362. The van der Waals surface area contributed by atoms with Gasteiger partial charge in [0.05, 0.1) is 0 Å². The van der Waals surface area contributed by atoms with E-state index in [2.05, 4.69) is 27.1 Å². The van der Waals surface area contributed by atoms with Gasteiger partial charge in [0.25, 0.3) is 0 Å². The zero-order chi connectivity index (χ0) is 12.1. The highest BCUT2D eigenvalue weighted by Gasteiger charge is 2.16. The summed E-state index contributed by atoms with van der Waals surface area (Å²) in [7, 11) is 1.92. The molecule has 2 rings (SSSR count). The van der Waals surface area contributed by atoms with Crippen molar-refractivity contribution in [1.82, 2.24) is 9.97 Å². The Morgan fingerprint density at radius 2 is 2.24 bits per heavy atom. The Labute approximate surface area is 107 Å². The number of hydrogen-bond donors (Lipinski definition) is 1. The van der Waals surface area contributed by atoms with Gasteiger partial charge in [0.2, 0.25) is 0 Å². The van der Waals surface area contributed by atoms with Crippen LogP contribution < -0.4 is 10.2 Å². The molecule has 0 bridgehead atoms. The van der Waals surface area contributed by atoms with Crippen LogP contribution in [-0.4, -0.2) is 41.6 Å². The third kappa shape index (κ3) is 2.83. The van der Waals surface area contributed by atoms with Crippen LogP contribution >= 0.6 is 11.8 Å². The Morgan fingerprint density at radius 1 is 1.35 bits per heavy atom. The highest BCUT2D eigenvalue weighted by Crippen LogP contribution is 2.25. The minimum Gasteiger partial charge on any atom is -0.373 e. The summed E-state index contributed by atoms with van der Waals surface area (Å²) in [6.07, 6.45) is 3.88.